The number of amides is 1. The Labute approximate surface area is 170 Å². The molecule has 1 saturated heterocycles. The second-order valence-electron chi connectivity index (χ2n) is 7.50. The van der Waals surface area contributed by atoms with Crippen molar-refractivity contribution in [3.8, 4) is 6.07 Å². The number of nitriles is 1. The fourth-order valence-electron chi connectivity index (χ4n) is 4.12. The first-order chi connectivity index (χ1) is 14.0. The topological polar surface area (TPSA) is 107 Å². The molecule has 1 aliphatic heterocycles. The number of hydrogen-bond donors (Lipinski definition) is 2. The van der Waals surface area contributed by atoms with Gasteiger partial charge in [0.1, 0.15) is 6.07 Å². The van der Waals surface area contributed by atoms with Crippen LogP contribution in [-0.2, 0) is 4.79 Å². The zero-order chi connectivity index (χ0) is 20.8. The van der Waals surface area contributed by atoms with Crippen molar-refractivity contribution < 1.29 is 4.79 Å². The van der Waals surface area contributed by atoms with Gasteiger partial charge in [-0.1, -0.05) is 19.1 Å². The number of pyridine rings is 1. The van der Waals surface area contributed by atoms with E-state index in [2.05, 4.69) is 33.2 Å². The number of carbonyl (C=O) groups is 1. The quantitative estimate of drug-likeness (QED) is 0.761. The van der Waals surface area contributed by atoms with Crippen LogP contribution in [0.15, 0.2) is 47.4 Å². The first-order valence-electron chi connectivity index (χ1n) is 9.69. The van der Waals surface area contributed by atoms with E-state index in [0.29, 0.717) is 23.7 Å². The molecular formula is C22H26N6O. The smallest absolute Gasteiger partial charge is 0.238 e. The normalized spacial score (nSPS) is 20.7. The van der Waals surface area contributed by atoms with Crippen LogP contribution in [0.5, 0.6) is 0 Å². The van der Waals surface area contributed by atoms with Gasteiger partial charge in [0.2, 0.25) is 5.91 Å². The van der Waals surface area contributed by atoms with Crippen molar-refractivity contribution in [1.82, 2.24) is 15.2 Å². The van der Waals surface area contributed by atoms with Gasteiger partial charge < -0.3 is 11.1 Å². The number of carbonyl (C=O) groups excluding carboxylic acids is 1. The predicted octanol–water partition coefficient (Wildman–Crippen LogP) is 2.15. The summed E-state index contributed by atoms with van der Waals surface area (Å²) in [5.74, 6) is 0.610. The van der Waals surface area contributed by atoms with Crippen LogP contribution in [0, 0.1) is 17.2 Å². The molecule has 0 spiro atoms. The summed E-state index contributed by atoms with van der Waals surface area (Å²) in [4.78, 5) is 22.9. The van der Waals surface area contributed by atoms with Gasteiger partial charge in [0, 0.05) is 44.1 Å². The van der Waals surface area contributed by atoms with E-state index in [-0.39, 0.29) is 11.8 Å². The summed E-state index contributed by atoms with van der Waals surface area (Å²) in [7, 11) is 1.63. The Balaban J connectivity index is 1.80. The van der Waals surface area contributed by atoms with Gasteiger partial charge in [0.05, 0.1) is 23.3 Å². The summed E-state index contributed by atoms with van der Waals surface area (Å²) in [6.07, 6.45) is 5.61. The van der Waals surface area contributed by atoms with Crippen LogP contribution >= 0.6 is 0 Å². The van der Waals surface area contributed by atoms with Crippen LogP contribution in [0.1, 0.15) is 30.4 Å². The standard InChI is InChI=1S/C22H26N6O/c1-15-8-17(13-28(12-15)14-21(29)27-18(10-24)11-25-2)19-6-5-16(9-23)22-20(19)4-3-7-26-22/h3-7,10-11,15,17H,8,12-14,24H2,1-2H3,(H,27,29). The highest BCUT2D eigenvalue weighted by Crippen LogP contribution is 2.34. The molecule has 29 heavy (non-hydrogen) atoms. The summed E-state index contributed by atoms with van der Waals surface area (Å²) >= 11 is 0. The maximum Gasteiger partial charge on any atom is 0.238 e. The number of nitrogens with zero attached hydrogens (tertiary/aromatic N) is 4. The lowest BCUT2D eigenvalue weighted by atomic mass is 9.83. The fourth-order valence-corrected chi connectivity index (χ4v) is 4.12. The van der Waals surface area contributed by atoms with E-state index in [1.807, 2.05) is 24.3 Å². The number of fused-ring (bicyclic) bond motifs is 1. The average Bonchev–Trinajstić information content (AvgIpc) is 2.72. The van der Waals surface area contributed by atoms with Gasteiger partial charge in [0.25, 0.3) is 0 Å². The van der Waals surface area contributed by atoms with E-state index in [4.69, 9.17) is 5.73 Å². The van der Waals surface area contributed by atoms with Gasteiger partial charge >= 0.3 is 0 Å². The lowest BCUT2D eigenvalue weighted by Crippen LogP contribution is -2.44. The van der Waals surface area contributed by atoms with E-state index in [1.54, 1.807) is 13.2 Å². The second-order valence-corrected chi connectivity index (χ2v) is 7.50. The molecule has 3 rings (SSSR count). The average molecular weight is 390 g/mol. The molecule has 0 radical (unpaired) electrons. The fraction of sp³-hybridized carbons (Fsp3) is 0.364. The predicted molar refractivity (Wildman–Crippen MR) is 114 cm³/mol. The zero-order valence-corrected chi connectivity index (χ0v) is 16.8. The van der Waals surface area contributed by atoms with Gasteiger partial charge in [-0.05, 0) is 36.0 Å². The number of rotatable bonds is 5. The number of aliphatic imine (C=N–C) groups is 1. The Kier molecular flexibility index (Phi) is 6.57. The van der Waals surface area contributed by atoms with Crippen molar-refractivity contribution in [1.29, 1.82) is 5.26 Å². The van der Waals surface area contributed by atoms with Crippen LogP contribution in [0.4, 0.5) is 0 Å². The number of benzene rings is 1. The highest BCUT2D eigenvalue weighted by molar-refractivity contribution is 5.89. The third kappa shape index (κ3) is 4.79. The molecule has 2 aromatic rings. The Bertz CT molecular complexity index is 990. The number of allylic oxidation sites excluding steroid dienone is 1. The van der Waals surface area contributed by atoms with Gasteiger partial charge in [-0.3, -0.25) is 19.7 Å². The molecule has 7 nitrogen and oxygen atoms in total. The first-order valence-corrected chi connectivity index (χ1v) is 9.69. The molecule has 3 N–H and O–H groups in total. The van der Waals surface area contributed by atoms with Crippen molar-refractivity contribution >= 4 is 23.0 Å². The Morgan fingerprint density at radius 1 is 1.45 bits per heavy atom. The van der Waals surface area contributed by atoms with E-state index in [9.17, 15) is 10.1 Å². The van der Waals surface area contributed by atoms with Gasteiger partial charge in [-0.2, -0.15) is 5.26 Å². The molecule has 1 fully saturated rings. The van der Waals surface area contributed by atoms with Crippen LogP contribution < -0.4 is 11.1 Å². The van der Waals surface area contributed by atoms with Gasteiger partial charge in [-0.25, -0.2) is 0 Å². The minimum Gasteiger partial charge on any atom is -0.403 e. The Hall–Kier alpha value is -3.24. The number of nitrogens with one attached hydrogen (secondary N) is 1. The third-order valence-electron chi connectivity index (χ3n) is 5.20. The number of hydrogen-bond acceptors (Lipinski definition) is 6. The van der Waals surface area contributed by atoms with Crippen molar-refractivity contribution in [2.24, 2.45) is 16.6 Å². The molecule has 1 aromatic carbocycles. The van der Waals surface area contributed by atoms with Crippen molar-refractivity contribution in [2.45, 2.75) is 19.3 Å². The highest BCUT2D eigenvalue weighted by Gasteiger charge is 2.28. The monoisotopic (exact) mass is 390 g/mol. The lowest BCUT2D eigenvalue weighted by Gasteiger charge is -2.36. The number of nitrogens with two attached hydrogens (primary N) is 1. The largest absolute Gasteiger partial charge is 0.403 e. The molecule has 0 bridgehead atoms. The summed E-state index contributed by atoms with van der Waals surface area (Å²) < 4.78 is 0. The van der Waals surface area contributed by atoms with E-state index >= 15 is 0 Å². The third-order valence-corrected chi connectivity index (χ3v) is 5.20. The Morgan fingerprint density at radius 2 is 2.28 bits per heavy atom. The van der Waals surface area contributed by atoms with Crippen molar-refractivity contribution in [2.75, 3.05) is 26.7 Å². The highest BCUT2D eigenvalue weighted by atomic mass is 16.2. The van der Waals surface area contributed by atoms with Crippen LogP contribution in [0.25, 0.3) is 10.9 Å². The molecule has 1 amide bonds. The van der Waals surface area contributed by atoms with Crippen molar-refractivity contribution in [3.05, 3.63) is 53.5 Å². The van der Waals surface area contributed by atoms with E-state index in [0.717, 1.165) is 30.4 Å². The maximum atomic E-state index is 12.4. The molecule has 7 heteroatoms. The summed E-state index contributed by atoms with van der Waals surface area (Å²) in [6.45, 7) is 4.13. The van der Waals surface area contributed by atoms with Crippen LogP contribution in [0.2, 0.25) is 0 Å². The first kappa shape index (κ1) is 20.5. The molecule has 2 atom stereocenters. The zero-order valence-electron chi connectivity index (χ0n) is 16.8. The maximum absolute atomic E-state index is 12.4. The lowest BCUT2D eigenvalue weighted by molar-refractivity contribution is -0.121. The number of piperidine rings is 1. The molecule has 1 aliphatic rings. The van der Waals surface area contributed by atoms with Gasteiger partial charge in [-0.15, -0.1) is 0 Å². The minimum atomic E-state index is -0.110. The summed E-state index contributed by atoms with van der Waals surface area (Å²) in [5.41, 5.74) is 8.53. The van der Waals surface area contributed by atoms with Crippen LogP contribution in [-0.4, -0.2) is 48.7 Å². The molecule has 0 aliphatic carbocycles. The van der Waals surface area contributed by atoms with E-state index in [1.165, 1.54) is 18.0 Å². The van der Waals surface area contributed by atoms with Gasteiger partial charge in [0.15, 0.2) is 0 Å². The molecule has 0 saturated carbocycles. The molecule has 2 heterocycles. The summed E-state index contributed by atoms with van der Waals surface area (Å²) in [6, 6.07) is 10.0. The van der Waals surface area contributed by atoms with Crippen LogP contribution in [0.3, 0.4) is 0 Å². The minimum absolute atomic E-state index is 0.110. The summed E-state index contributed by atoms with van der Waals surface area (Å²) in [5, 5.41) is 13.2. The Morgan fingerprint density at radius 3 is 3.00 bits per heavy atom. The van der Waals surface area contributed by atoms with E-state index < -0.39 is 0 Å². The molecule has 2 unspecified atom stereocenters. The van der Waals surface area contributed by atoms with Crippen molar-refractivity contribution in [3.63, 3.8) is 0 Å². The molecule has 1 aromatic heterocycles. The number of aromatic nitrogens is 1. The second kappa shape index (κ2) is 9.30. The molecular weight excluding hydrogens is 364 g/mol. The SMILES string of the molecule is CN=CC(=CN)NC(=O)CN1CC(C)CC(c2ccc(C#N)c3ncccc23)C1. The number of likely N-dealkylation sites (tertiary alicyclic amines) is 1. The molecule has 150 valence electrons.